The van der Waals surface area contributed by atoms with Gasteiger partial charge in [0.05, 0.1) is 18.6 Å². The molecule has 3 aromatic rings. The van der Waals surface area contributed by atoms with Crippen molar-refractivity contribution in [3.8, 4) is 0 Å². The molecule has 0 bridgehead atoms. The molecule has 5 rings (SSSR count). The van der Waals surface area contributed by atoms with Gasteiger partial charge in [-0.2, -0.15) is 0 Å². The second-order valence-corrected chi connectivity index (χ2v) is 9.01. The van der Waals surface area contributed by atoms with Crippen molar-refractivity contribution in [1.82, 2.24) is 4.90 Å². The van der Waals surface area contributed by atoms with Gasteiger partial charge < -0.3 is 23.9 Å². The lowest BCUT2D eigenvalue weighted by atomic mass is 10.0. The van der Waals surface area contributed by atoms with Crippen LogP contribution in [0.5, 0.6) is 0 Å². The fraction of sp³-hybridized carbons (Fsp3) is 0.385. The topological polar surface area (TPSA) is 66.2 Å². The third kappa shape index (κ3) is 3.97. The van der Waals surface area contributed by atoms with E-state index in [0.717, 1.165) is 18.5 Å². The second-order valence-electron chi connectivity index (χ2n) is 9.01. The lowest BCUT2D eigenvalue weighted by Gasteiger charge is -2.27. The molecule has 1 amide bonds. The summed E-state index contributed by atoms with van der Waals surface area (Å²) in [7, 11) is 3.44. The number of benzene rings is 2. The van der Waals surface area contributed by atoms with Gasteiger partial charge in [-0.3, -0.25) is 9.59 Å². The molecule has 2 aromatic carbocycles. The number of carbonyl (C=O) groups excluding carboxylic acids is 1. The van der Waals surface area contributed by atoms with Crippen molar-refractivity contribution < 1.29 is 13.9 Å². The third-order valence-electron chi connectivity index (χ3n) is 6.52. The average molecular weight is 448 g/mol. The molecule has 0 unspecified atom stereocenters. The highest BCUT2D eigenvalue weighted by Crippen LogP contribution is 2.34. The van der Waals surface area contributed by atoms with E-state index >= 15 is 0 Å². The highest BCUT2D eigenvalue weighted by molar-refractivity contribution is 5.98. The number of para-hydroxylation sites is 1. The Morgan fingerprint density at radius 3 is 2.64 bits per heavy atom. The van der Waals surface area contributed by atoms with Gasteiger partial charge in [0, 0.05) is 63.2 Å². The van der Waals surface area contributed by atoms with Crippen LogP contribution in [0.4, 0.5) is 11.6 Å². The van der Waals surface area contributed by atoms with Gasteiger partial charge in [0.15, 0.2) is 11.3 Å². The summed E-state index contributed by atoms with van der Waals surface area (Å²) >= 11 is 0. The Balaban J connectivity index is 1.64. The van der Waals surface area contributed by atoms with E-state index in [0.29, 0.717) is 55.3 Å². The van der Waals surface area contributed by atoms with E-state index in [1.807, 2.05) is 11.0 Å². The summed E-state index contributed by atoms with van der Waals surface area (Å²) in [4.78, 5) is 31.9. The lowest BCUT2D eigenvalue weighted by molar-refractivity contribution is 0.0827. The summed E-state index contributed by atoms with van der Waals surface area (Å²) in [5.41, 5.74) is 5.56. The van der Waals surface area contributed by atoms with Crippen LogP contribution in [0.2, 0.25) is 0 Å². The lowest BCUT2D eigenvalue weighted by Crippen LogP contribution is -2.36. The summed E-state index contributed by atoms with van der Waals surface area (Å²) in [5, 5.41) is 0.443. The third-order valence-corrected chi connectivity index (χ3v) is 6.52. The Bertz CT molecular complexity index is 1270. The van der Waals surface area contributed by atoms with E-state index in [2.05, 4.69) is 30.0 Å². The maximum Gasteiger partial charge on any atom is 0.253 e. The van der Waals surface area contributed by atoms with E-state index in [9.17, 15) is 9.59 Å². The predicted molar refractivity (Wildman–Crippen MR) is 129 cm³/mol. The summed E-state index contributed by atoms with van der Waals surface area (Å²) in [6, 6.07) is 11.5. The summed E-state index contributed by atoms with van der Waals surface area (Å²) < 4.78 is 11.8. The number of carbonyl (C=O) groups is 1. The molecule has 0 radical (unpaired) electrons. The fourth-order valence-corrected chi connectivity index (χ4v) is 4.86. The number of anilines is 2. The first-order valence-corrected chi connectivity index (χ1v) is 11.4. The van der Waals surface area contributed by atoms with Gasteiger partial charge >= 0.3 is 0 Å². The SMILES string of the molecule is Cc1cccc2c1N(Cc1cc(C(=O)N(C)C)cc3c(=O)cc(N4CCOCC4)oc13)CC2. The van der Waals surface area contributed by atoms with Crippen molar-refractivity contribution in [2.75, 3.05) is 56.7 Å². The van der Waals surface area contributed by atoms with Gasteiger partial charge in [0.2, 0.25) is 0 Å². The number of ether oxygens (including phenoxy) is 1. The van der Waals surface area contributed by atoms with Crippen LogP contribution in [0.3, 0.4) is 0 Å². The Kier molecular flexibility index (Phi) is 5.58. The van der Waals surface area contributed by atoms with Crippen LogP contribution in [0, 0.1) is 6.92 Å². The van der Waals surface area contributed by atoms with Crippen LogP contribution in [-0.4, -0.2) is 57.8 Å². The van der Waals surface area contributed by atoms with Crippen molar-refractivity contribution in [3.63, 3.8) is 0 Å². The molecule has 2 aliphatic heterocycles. The van der Waals surface area contributed by atoms with Crippen molar-refractivity contribution in [2.45, 2.75) is 19.9 Å². The summed E-state index contributed by atoms with van der Waals surface area (Å²) in [5.74, 6) is 0.426. The minimum absolute atomic E-state index is 0.132. The molecule has 7 heteroatoms. The molecule has 0 atom stereocenters. The zero-order valence-corrected chi connectivity index (χ0v) is 19.4. The summed E-state index contributed by atoms with van der Waals surface area (Å²) in [6.07, 6.45) is 0.980. The van der Waals surface area contributed by atoms with Crippen LogP contribution < -0.4 is 15.2 Å². The molecular weight excluding hydrogens is 418 g/mol. The van der Waals surface area contributed by atoms with Gasteiger partial charge in [-0.15, -0.1) is 0 Å². The number of amides is 1. The van der Waals surface area contributed by atoms with E-state index in [4.69, 9.17) is 9.15 Å². The van der Waals surface area contributed by atoms with Gasteiger partial charge in [-0.05, 0) is 36.6 Å². The first-order chi connectivity index (χ1) is 15.9. The molecule has 2 aliphatic rings. The zero-order valence-electron chi connectivity index (χ0n) is 19.4. The van der Waals surface area contributed by atoms with Crippen molar-refractivity contribution >= 4 is 28.4 Å². The monoisotopic (exact) mass is 447 g/mol. The molecule has 33 heavy (non-hydrogen) atoms. The van der Waals surface area contributed by atoms with Crippen LogP contribution in [0.25, 0.3) is 11.0 Å². The van der Waals surface area contributed by atoms with E-state index in [-0.39, 0.29) is 11.3 Å². The van der Waals surface area contributed by atoms with Crippen LogP contribution in [-0.2, 0) is 17.7 Å². The number of aryl methyl sites for hydroxylation is 1. The van der Waals surface area contributed by atoms with E-state index in [1.54, 1.807) is 20.2 Å². The number of hydrogen-bond acceptors (Lipinski definition) is 6. The molecule has 0 saturated carbocycles. The maximum atomic E-state index is 13.2. The van der Waals surface area contributed by atoms with E-state index < -0.39 is 0 Å². The van der Waals surface area contributed by atoms with Crippen LogP contribution in [0.15, 0.2) is 45.6 Å². The molecule has 0 N–H and O–H groups in total. The Hall–Kier alpha value is -3.32. The molecule has 0 aliphatic carbocycles. The molecular formula is C26H29N3O4. The molecule has 1 fully saturated rings. The molecule has 7 nitrogen and oxygen atoms in total. The number of fused-ring (bicyclic) bond motifs is 2. The standard InChI is InChI=1S/C26H29N3O4/c1-17-5-4-6-18-7-8-29(24(17)18)16-20-13-19(26(31)27(2)3)14-21-22(30)15-23(33-25(20)21)28-9-11-32-12-10-28/h4-6,13-15H,7-12,16H2,1-3H3. The van der Waals surface area contributed by atoms with Gasteiger partial charge in [-0.1, -0.05) is 18.2 Å². The molecule has 3 heterocycles. The first-order valence-electron chi connectivity index (χ1n) is 11.4. The largest absolute Gasteiger partial charge is 0.440 e. The Morgan fingerprint density at radius 2 is 1.88 bits per heavy atom. The van der Waals surface area contributed by atoms with Gasteiger partial charge in [-0.25, -0.2) is 0 Å². The number of morpholine rings is 1. The highest BCUT2D eigenvalue weighted by atomic mass is 16.5. The van der Waals surface area contributed by atoms with Crippen molar-refractivity contribution in [3.05, 3.63) is 68.9 Å². The van der Waals surface area contributed by atoms with Gasteiger partial charge in [0.1, 0.15) is 5.58 Å². The normalized spacial score (nSPS) is 15.7. The second kappa shape index (κ2) is 8.56. The van der Waals surface area contributed by atoms with Crippen molar-refractivity contribution in [1.29, 1.82) is 0 Å². The number of hydrogen-bond donors (Lipinski definition) is 0. The Labute approximate surface area is 193 Å². The average Bonchev–Trinajstić information content (AvgIpc) is 3.23. The zero-order chi connectivity index (χ0) is 23.1. The van der Waals surface area contributed by atoms with Crippen LogP contribution in [0.1, 0.15) is 27.0 Å². The number of rotatable bonds is 4. The summed E-state index contributed by atoms with van der Waals surface area (Å²) in [6.45, 7) is 6.15. The highest BCUT2D eigenvalue weighted by Gasteiger charge is 2.24. The quantitative estimate of drug-likeness (QED) is 0.612. The minimum Gasteiger partial charge on any atom is -0.440 e. The number of nitrogens with zero attached hydrogens (tertiary/aromatic N) is 3. The Morgan fingerprint density at radius 1 is 1.09 bits per heavy atom. The van der Waals surface area contributed by atoms with Crippen LogP contribution >= 0.6 is 0 Å². The van der Waals surface area contributed by atoms with Gasteiger partial charge in [0.25, 0.3) is 5.91 Å². The fourth-order valence-electron chi connectivity index (χ4n) is 4.86. The smallest absolute Gasteiger partial charge is 0.253 e. The minimum atomic E-state index is -0.134. The predicted octanol–water partition coefficient (Wildman–Crippen LogP) is 3.20. The first kappa shape index (κ1) is 21.5. The maximum absolute atomic E-state index is 13.2. The molecule has 1 aromatic heterocycles. The van der Waals surface area contributed by atoms with E-state index in [1.165, 1.54) is 27.8 Å². The molecule has 1 saturated heterocycles. The van der Waals surface area contributed by atoms with Crippen molar-refractivity contribution in [2.24, 2.45) is 0 Å². The molecule has 172 valence electrons. The molecule has 0 spiro atoms.